The SMILES string of the molecule is CCCC(=O)Nc1nn(Cc2ccc(Cl)cc2)cc1Cl. The number of aromatic nitrogens is 2. The van der Waals surface area contributed by atoms with E-state index in [-0.39, 0.29) is 5.91 Å². The summed E-state index contributed by atoms with van der Waals surface area (Å²) in [6.45, 7) is 2.51. The van der Waals surface area contributed by atoms with Gasteiger partial charge in [0.05, 0.1) is 6.54 Å². The molecular formula is C14H15Cl2N3O. The van der Waals surface area contributed by atoms with Crippen LogP contribution in [0.3, 0.4) is 0 Å². The molecule has 0 fully saturated rings. The predicted molar refractivity (Wildman–Crippen MR) is 81.3 cm³/mol. The normalized spacial score (nSPS) is 10.6. The fraction of sp³-hybridized carbons (Fsp3) is 0.286. The summed E-state index contributed by atoms with van der Waals surface area (Å²) >= 11 is 11.9. The summed E-state index contributed by atoms with van der Waals surface area (Å²) in [5.74, 6) is 0.324. The van der Waals surface area contributed by atoms with E-state index in [1.807, 2.05) is 31.2 Å². The second-order valence-electron chi connectivity index (χ2n) is 4.45. The first-order valence-electron chi connectivity index (χ1n) is 6.35. The lowest BCUT2D eigenvalue weighted by Crippen LogP contribution is -2.12. The molecule has 1 amide bonds. The molecule has 0 saturated carbocycles. The molecular weight excluding hydrogens is 297 g/mol. The first kappa shape index (κ1) is 14.9. The van der Waals surface area contributed by atoms with Crippen molar-refractivity contribution in [2.24, 2.45) is 0 Å². The van der Waals surface area contributed by atoms with Crippen molar-refractivity contribution < 1.29 is 4.79 Å². The molecule has 0 aliphatic heterocycles. The van der Waals surface area contributed by atoms with Gasteiger partial charge in [-0.15, -0.1) is 0 Å². The van der Waals surface area contributed by atoms with Gasteiger partial charge < -0.3 is 5.32 Å². The van der Waals surface area contributed by atoms with Crippen LogP contribution in [0.1, 0.15) is 25.3 Å². The largest absolute Gasteiger partial charge is 0.308 e. The van der Waals surface area contributed by atoms with Crippen LogP contribution in [-0.4, -0.2) is 15.7 Å². The van der Waals surface area contributed by atoms with E-state index in [0.29, 0.717) is 28.8 Å². The maximum Gasteiger partial charge on any atom is 0.225 e. The van der Waals surface area contributed by atoms with E-state index < -0.39 is 0 Å². The summed E-state index contributed by atoms with van der Waals surface area (Å²) in [4.78, 5) is 11.5. The third-order valence-electron chi connectivity index (χ3n) is 2.71. The van der Waals surface area contributed by atoms with Gasteiger partial charge in [0.1, 0.15) is 5.02 Å². The quantitative estimate of drug-likeness (QED) is 0.908. The number of hydrogen-bond acceptors (Lipinski definition) is 2. The van der Waals surface area contributed by atoms with Gasteiger partial charge in [0, 0.05) is 17.6 Å². The summed E-state index contributed by atoms with van der Waals surface area (Å²) < 4.78 is 1.69. The van der Waals surface area contributed by atoms with E-state index in [9.17, 15) is 4.79 Å². The molecule has 0 aliphatic carbocycles. The fourth-order valence-electron chi connectivity index (χ4n) is 1.76. The average molecular weight is 312 g/mol. The molecule has 1 aromatic heterocycles. The van der Waals surface area contributed by atoms with Crippen LogP contribution in [0.15, 0.2) is 30.5 Å². The summed E-state index contributed by atoms with van der Waals surface area (Å²) in [7, 11) is 0. The number of hydrogen-bond donors (Lipinski definition) is 1. The molecule has 0 spiro atoms. The summed E-state index contributed by atoms with van der Waals surface area (Å²) in [5.41, 5.74) is 1.06. The highest BCUT2D eigenvalue weighted by atomic mass is 35.5. The van der Waals surface area contributed by atoms with Crippen molar-refractivity contribution in [2.75, 3.05) is 5.32 Å². The Kier molecular flexibility index (Phi) is 5.04. The van der Waals surface area contributed by atoms with Gasteiger partial charge >= 0.3 is 0 Å². The van der Waals surface area contributed by atoms with Crippen LogP contribution in [0.5, 0.6) is 0 Å². The highest BCUT2D eigenvalue weighted by Gasteiger charge is 2.10. The molecule has 0 radical (unpaired) electrons. The number of carbonyl (C=O) groups is 1. The van der Waals surface area contributed by atoms with Crippen molar-refractivity contribution >= 4 is 34.9 Å². The van der Waals surface area contributed by atoms with Crippen molar-refractivity contribution in [1.82, 2.24) is 9.78 Å². The zero-order valence-electron chi connectivity index (χ0n) is 11.1. The Hall–Kier alpha value is -1.52. The molecule has 1 aromatic carbocycles. The van der Waals surface area contributed by atoms with E-state index in [1.54, 1.807) is 10.9 Å². The molecule has 4 nitrogen and oxygen atoms in total. The number of benzene rings is 1. The number of nitrogens with zero attached hydrogens (tertiary/aromatic N) is 2. The van der Waals surface area contributed by atoms with Crippen LogP contribution in [0.2, 0.25) is 10.0 Å². The first-order chi connectivity index (χ1) is 9.58. The van der Waals surface area contributed by atoms with Crippen LogP contribution in [0, 0.1) is 0 Å². The van der Waals surface area contributed by atoms with Crippen molar-refractivity contribution in [3.05, 3.63) is 46.1 Å². The van der Waals surface area contributed by atoms with Crippen molar-refractivity contribution in [2.45, 2.75) is 26.3 Å². The molecule has 2 aromatic rings. The minimum atomic E-state index is -0.0776. The van der Waals surface area contributed by atoms with Gasteiger partial charge in [-0.3, -0.25) is 9.48 Å². The van der Waals surface area contributed by atoms with Crippen molar-refractivity contribution in [3.63, 3.8) is 0 Å². The lowest BCUT2D eigenvalue weighted by Gasteiger charge is -2.02. The maximum absolute atomic E-state index is 11.5. The molecule has 0 atom stereocenters. The second-order valence-corrected chi connectivity index (χ2v) is 5.29. The fourth-order valence-corrected chi connectivity index (χ4v) is 2.08. The molecule has 106 valence electrons. The molecule has 0 bridgehead atoms. The highest BCUT2D eigenvalue weighted by Crippen LogP contribution is 2.20. The van der Waals surface area contributed by atoms with Crippen molar-refractivity contribution in [1.29, 1.82) is 0 Å². The van der Waals surface area contributed by atoms with Gasteiger partial charge in [-0.25, -0.2) is 0 Å². The molecule has 2 rings (SSSR count). The Labute approximate surface area is 127 Å². The Morgan fingerprint density at radius 1 is 1.30 bits per heavy atom. The number of halogens is 2. The Bertz CT molecular complexity index is 593. The smallest absolute Gasteiger partial charge is 0.225 e. The third kappa shape index (κ3) is 3.99. The first-order valence-corrected chi connectivity index (χ1v) is 7.11. The number of carbonyl (C=O) groups excluding carboxylic acids is 1. The number of amides is 1. The average Bonchev–Trinajstić information content (AvgIpc) is 2.73. The maximum atomic E-state index is 11.5. The molecule has 0 unspecified atom stereocenters. The summed E-state index contributed by atoms with van der Waals surface area (Å²) in [6, 6.07) is 7.50. The van der Waals surface area contributed by atoms with Crippen LogP contribution >= 0.6 is 23.2 Å². The monoisotopic (exact) mass is 311 g/mol. The molecule has 1 heterocycles. The van der Waals surface area contributed by atoms with E-state index in [4.69, 9.17) is 23.2 Å². The Balaban J connectivity index is 2.06. The second kappa shape index (κ2) is 6.77. The molecule has 0 aliphatic rings. The van der Waals surface area contributed by atoms with E-state index in [2.05, 4.69) is 10.4 Å². The third-order valence-corrected chi connectivity index (χ3v) is 3.24. The molecule has 1 N–H and O–H groups in total. The van der Waals surface area contributed by atoms with Crippen LogP contribution < -0.4 is 5.32 Å². The van der Waals surface area contributed by atoms with Crippen LogP contribution in [-0.2, 0) is 11.3 Å². The Morgan fingerprint density at radius 3 is 2.65 bits per heavy atom. The highest BCUT2D eigenvalue weighted by molar-refractivity contribution is 6.33. The predicted octanol–water partition coefficient (Wildman–Crippen LogP) is 3.98. The minimum absolute atomic E-state index is 0.0776. The summed E-state index contributed by atoms with van der Waals surface area (Å²) in [5, 5.41) is 8.10. The number of anilines is 1. The molecule has 6 heteroatoms. The van der Waals surface area contributed by atoms with Gasteiger partial charge in [-0.05, 0) is 24.1 Å². The Morgan fingerprint density at radius 2 is 2.00 bits per heavy atom. The minimum Gasteiger partial charge on any atom is -0.308 e. The van der Waals surface area contributed by atoms with Crippen LogP contribution in [0.25, 0.3) is 0 Å². The van der Waals surface area contributed by atoms with Gasteiger partial charge in [0.25, 0.3) is 0 Å². The van der Waals surface area contributed by atoms with Gasteiger partial charge in [-0.2, -0.15) is 5.10 Å². The number of nitrogens with one attached hydrogen (secondary N) is 1. The van der Waals surface area contributed by atoms with Gasteiger partial charge in [0.2, 0.25) is 5.91 Å². The lowest BCUT2D eigenvalue weighted by atomic mass is 10.2. The molecule has 0 saturated heterocycles. The lowest BCUT2D eigenvalue weighted by molar-refractivity contribution is -0.116. The zero-order valence-corrected chi connectivity index (χ0v) is 12.6. The standard InChI is InChI=1S/C14H15Cl2N3O/c1-2-3-13(20)17-14-12(16)9-19(18-14)8-10-4-6-11(15)7-5-10/h4-7,9H,2-3,8H2,1H3,(H,17,18,20). The zero-order chi connectivity index (χ0) is 14.5. The van der Waals surface area contributed by atoms with E-state index in [0.717, 1.165) is 12.0 Å². The topological polar surface area (TPSA) is 46.9 Å². The van der Waals surface area contributed by atoms with Gasteiger partial charge in [0.15, 0.2) is 5.82 Å². The van der Waals surface area contributed by atoms with Gasteiger partial charge in [-0.1, -0.05) is 42.3 Å². The molecule has 20 heavy (non-hydrogen) atoms. The van der Waals surface area contributed by atoms with E-state index in [1.165, 1.54) is 0 Å². The summed E-state index contributed by atoms with van der Waals surface area (Å²) in [6.07, 6.45) is 2.94. The number of rotatable bonds is 5. The van der Waals surface area contributed by atoms with Crippen molar-refractivity contribution in [3.8, 4) is 0 Å². The van der Waals surface area contributed by atoms with E-state index >= 15 is 0 Å². The van der Waals surface area contributed by atoms with Crippen LogP contribution in [0.4, 0.5) is 5.82 Å².